The van der Waals surface area contributed by atoms with Crippen molar-refractivity contribution in [1.29, 1.82) is 0 Å². The van der Waals surface area contributed by atoms with Gasteiger partial charge in [0.2, 0.25) is 0 Å². The van der Waals surface area contributed by atoms with Gasteiger partial charge in [-0.05, 0) is 31.7 Å². The molecular formula is C14H24IN5. The first kappa shape index (κ1) is 15.6. The highest BCUT2D eigenvalue weighted by atomic mass is 127. The molecule has 6 heteroatoms. The summed E-state index contributed by atoms with van der Waals surface area (Å²) in [6, 6.07) is 2.88. The zero-order chi connectivity index (χ0) is 13.4. The van der Waals surface area contributed by atoms with Crippen LogP contribution in [0.3, 0.4) is 0 Å². The fraction of sp³-hybridized carbons (Fsp3) is 0.714. The van der Waals surface area contributed by atoms with E-state index in [4.69, 9.17) is 0 Å². The molecule has 1 saturated heterocycles. The summed E-state index contributed by atoms with van der Waals surface area (Å²) in [5.74, 6) is 1.83. The van der Waals surface area contributed by atoms with Crippen molar-refractivity contribution in [2.24, 2.45) is 18.0 Å². The lowest BCUT2D eigenvalue weighted by Crippen LogP contribution is -2.48. The molecule has 0 amide bonds. The van der Waals surface area contributed by atoms with Crippen LogP contribution in [0.5, 0.6) is 0 Å². The van der Waals surface area contributed by atoms with Gasteiger partial charge in [0.1, 0.15) is 0 Å². The molecule has 0 bridgehead atoms. The van der Waals surface area contributed by atoms with Gasteiger partial charge in [0.25, 0.3) is 0 Å². The quantitative estimate of drug-likeness (QED) is 0.789. The molecule has 0 radical (unpaired) electrons. The normalized spacial score (nSPS) is 26.6. The summed E-state index contributed by atoms with van der Waals surface area (Å²) in [7, 11) is 1.95. The molecule has 1 N–H and O–H groups in total. The first-order chi connectivity index (χ1) is 9.13. The smallest absolute Gasteiger partial charge is 0.194 e. The number of fused-ring (bicyclic) bond motifs is 1. The Morgan fingerprint density at radius 1 is 1.40 bits per heavy atom. The molecule has 3 unspecified atom stereocenters. The Hall–Kier alpha value is -0.790. The van der Waals surface area contributed by atoms with E-state index in [0.717, 1.165) is 30.7 Å². The van der Waals surface area contributed by atoms with E-state index in [-0.39, 0.29) is 30.0 Å². The van der Waals surface area contributed by atoms with Crippen molar-refractivity contribution in [3.05, 3.63) is 18.0 Å². The lowest BCUT2D eigenvalue weighted by atomic mass is 9.95. The van der Waals surface area contributed by atoms with E-state index >= 15 is 0 Å². The van der Waals surface area contributed by atoms with Gasteiger partial charge in [-0.25, -0.2) is 0 Å². The number of halogens is 1. The molecule has 3 atom stereocenters. The summed E-state index contributed by atoms with van der Waals surface area (Å²) in [4.78, 5) is 7.14. The summed E-state index contributed by atoms with van der Waals surface area (Å²) in [6.07, 6.45) is 4.59. The van der Waals surface area contributed by atoms with Crippen molar-refractivity contribution in [2.45, 2.75) is 38.8 Å². The lowest BCUT2D eigenvalue weighted by Gasteiger charge is -2.36. The van der Waals surface area contributed by atoms with E-state index in [1.165, 1.54) is 12.8 Å². The van der Waals surface area contributed by atoms with Crippen LogP contribution in [0.4, 0.5) is 0 Å². The molecule has 5 nitrogen and oxygen atoms in total. The zero-order valence-corrected chi connectivity index (χ0v) is 14.7. The van der Waals surface area contributed by atoms with Crippen molar-refractivity contribution in [2.75, 3.05) is 13.1 Å². The molecular weight excluding hydrogens is 365 g/mol. The number of rotatable bonds is 2. The minimum atomic E-state index is 0. The van der Waals surface area contributed by atoms with Crippen LogP contribution in [0.15, 0.2) is 17.3 Å². The van der Waals surface area contributed by atoms with Gasteiger partial charge in [-0.1, -0.05) is 6.92 Å². The van der Waals surface area contributed by atoms with Crippen molar-refractivity contribution >= 4 is 29.9 Å². The second kappa shape index (κ2) is 6.32. The number of piperidine rings is 1. The second-order valence-electron chi connectivity index (χ2n) is 5.93. The fourth-order valence-corrected chi connectivity index (χ4v) is 3.00. The van der Waals surface area contributed by atoms with Crippen LogP contribution in [0.2, 0.25) is 0 Å². The van der Waals surface area contributed by atoms with Gasteiger partial charge in [-0.15, -0.1) is 24.0 Å². The highest BCUT2D eigenvalue weighted by Crippen LogP contribution is 2.26. The minimum absolute atomic E-state index is 0. The summed E-state index contributed by atoms with van der Waals surface area (Å²) >= 11 is 0. The van der Waals surface area contributed by atoms with Gasteiger partial charge >= 0.3 is 0 Å². The van der Waals surface area contributed by atoms with Crippen LogP contribution in [0.1, 0.15) is 38.4 Å². The molecule has 20 heavy (non-hydrogen) atoms. The number of hydrogen-bond donors (Lipinski definition) is 1. The van der Waals surface area contributed by atoms with Gasteiger partial charge in [0, 0.05) is 19.8 Å². The third-order valence-corrected chi connectivity index (χ3v) is 4.19. The Morgan fingerprint density at radius 2 is 2.20 bits per heavy atom. The average Bonchev–Trinajstić information content (AvgIpc) is 2.97. The molecule has 2 aliphatic rings. The molecule has 2 aliphatic heterocycles. The lowest BCUT2D eigenvalue weighted by molar-refractivity contribution is 0.210. The fourth-order valence-electron chi connectivity index (χ4n) is 3.00. The number of nitrogens with zero attached hydrogens (tertiary/aromatic N) is 4. The highest BCUT2D eigenvalue weighted by Gasteiger charge is 2.33. The first-order valence-corrected chi connectivity index (χ1v) is 7.20. The van der Waals surface area contributed by atoms with E-state index in [2.05, 4.69) is 40.2 Å². The maximum Gasteiger partial charge on any atom is 0.194 e. The van der Waals surface area contributed by atoms with Crippen LogP contribution >= 0.6 is 24.0 Å². The van der Waals surface area contributed by atoms with E-state index in [1.54, 1.807) is 0 Å². The second-order valence-corrected chi connectivity index (χ2v) is 5.93. The number of aromatic nitrogens is 2. The molecule has 1 aromatic rings. The summed E-state index contributed by atoms with van der Waals surface area (Å²) in [6.45, 7) is 6.55. The van der Waals surface area contributed by atoms with Crippen molar-refractivity contribution < 1.29 is 0 Å². The van der Waals surface area contributed by atoms with Crippen LogP contribution in [0.25, 0.3) is 0 Å². The number of guanidine groups is 1. The predicted molar refractivity (Wildman–Crippen MR) is 91.4 cm³/mol. The van der Waals surface area contributed by atoms with E-state index in [9.17, 15) is 0 Å². The Balaban J connectivity index is 0.00000147. The van der Waals surface area contributed by atoms with Crippen molar-refractivity contribution in [3.63, 3.8) is 0 Å². The SMILES string of the molecule is CC1CCC2CN=C(NC(C)c3ccn(C)n3)N2C1.I. The molecule has 0 aliphatic carbocycles. The molecule has 1 fully saturated rings. The topological polar surface area (TPSA) is 45.5 Å². The third-order valence-electron chi connectivity index (χ3n) is 4.19. The number of nitrogens with one attached hydrogen (secondary N) is 1. The van der Waals surface area contributed by atoms with Gasteiger partial charge < -0.3 is 10.2 Å². The molecule has 3 heterocycles. The van der Waals surface area contributed by atoms with Gasteiger partial charge in [0.15, 0.2) is 5.96 Å². The highest BCUT2D eigenvalue weighted by molar-refractivity contribution is 14.0. The van der Waals surface area contributed by atoms with E-state index in [1.807, 2.05) is 17.9 Å². The van der Waals surface area contributed by atoms with Crippen molar-refractivity contribution in [3.8, 4) is 0 Å². The van der Waals surface area contributed by atoms with Crippen LogP contribution in [-0.2, 0) is 7.05 Å². The number of hydrogen-bond acceptors (Lipinski definition) is 4. The number of aryl methyl sites for hydroxylation is 1. The van der Waals surface area contributed by atoms with Crippen molar-refractivity contribution in [1.82, 2.24) is 20.0 Å². The Labute approximate surface area is 137 Å². The van der Waals surface area contributed by atoms with Gasteiger partial charge in [-0.2, -0.15) is 5.10 Å². The van der Waals surface area contributed by atoms with Crippen LogP contribution in [0, 0.1) is 5.92 Å². The van der Waals surface area contributed by atoms with Gasteiger partial charge in [-0.3, -0.25) is 9.67 Å². The first-order valence-electron chi connectivity index (χ1n) is 7.20. The largest absolute Gasteiger partial charge is 0.348 e. The summed E-state index contributed by atoms with van der Waals surface area (Å²) < 4.78 is 1.84. The Morgan fingerprint density at radius 3 is 2.90 bits per heavy atom. The third kappa shape index (κ3) is 3.10. The van der Waals surface area contributed by atoms with Gasteiger partial charge in [0.05, 0.1) is 24.3 Å². The van der Waals surface area contributed by atoms with E-state index in [0.29, 0.717) is 6.04 Å². The zero-order valence-electron chi connectivity index (χ0n) is 12.4. The van der Waals surface area contributed by atoms with Crippen LogP contribution in [-0.4, -0.2) is 39.8 Å². The molecule has 1 aromatic heterocycles. The predicted octanol–water partition coefficient (Wildman–Crippen LogP) is 2.16. The molecule has 0 saturated carbocycles. The minimum Gasteiger partial charge on any atom is -0.348 e. The Bertz CT molecular complexity index is 484. The average molecular weight is 389 g/mol. The molecule has 0 spiro atoms. The monoisotopic (exact) mass is 389 g/mol. The molecule has 112 valence electrons. The summed E-state index contributed by atoms with van der Waals surface area (Å²) in [5, 5.41) is 7.98. The van der Waals surface area contributed by atoms with E-state index < -0.39 is 0 Å². The standard InChI is InChI=1S/C14H23N5.HI/c1-10-4-5-12-8-15-14(19(12)9-10)16-11(2)13-6-7-18(3)17-13;/h6-7,10-12H,4-5,8-9H2,1-3H3,(H,15,16);1H. The molecule has 0 aromatic carbocycles. The number of aliphatic imine (C=N–C) groups is 1. The maximum absolute atomic E-state index is 4.68. The maximum atomic E-state index is 4.68. The molecule has 3 rings (SSSR count). The summed E-state index contributed by atoms with van der Waals surface area (Å²) in [5.41, 5.74) is 1.07. The van der Waals surface area contributed by atoms with Crippen LogP contribution < -0.4 is 5.32 Å². The Kier molecular flexibility index (Phi) is 4.93.